The van der Waals surface area contributed by atoms with E-state index in [9.17, 15) is 19.5 Å². The molecule has 2 N–H and O–H groups in total. The van der Waals surface area contributed by atoms with E-state index >= 15 is 0 Å². The molecule has 11 heteroatoms. The maximum absolute atomic E-state index is 13.5. The Labute approximate surface area is 232 Å². The van der Waals surface area contributed by atoms with Crippen molar-refractivity contribution in [3.63, 3.8) is 0 Å². The lowest BCUT2D eigenvalue weighted by atomic mass is 9.95. The number of likely N-dealkylation sites (tertiary alicyclic amines) is 1. The molecule has 0 spiro atoms. The lowest BCUT2D eigenvalue weighted by Gasteiger charge is -2.33. The normalized spacial score (nSPS) is 15.3. The van der Waals surface area contributed by atoms with Gasteiger partial charge in [0.05, 0.1) is 22.6 Å². The first kappa shape index (κ1) is 28.4. The van der Waals surface area contributed by atoms with E-state index in [4.69, 9.17) is 21.3 Å². The van der Waals surface area contributed by atoms with Gasteiger partial charge in [-0.05, 0) is 71.2 Å². The summed E-state index contributed by atoms with van der Waals surface area (Å²) in [5, 5.41) is 13.4. The maximum Gasteiger partial charge on any atom is 0.410 e. The van der Waals surface area contributed by atoms with Crippen LogP contribution in [0.2, 0.25) is 5.15 Å². The van der Waals surface area contributed by atoms with E-state index in [-0.39, 0.29) is 28.4 Å². The Morgan fingerprint density at radius 3 is 2.46 bits per heavy atom. The lowest BCUT2D eigenvalue weighted by Crippen LogP contribution is -2.42. The number of aromatic carboxylic acids is 1. The number of amides is 1. The molecule has 0 aliphatic carbocycles. The fourth-order valence-electron chi connectivity index (χ4n) is 4.94. The predicted octanol–water partition coefficient (Wildman–Crippen LogP) is 5.28. The van der Waals surface area contributed by atoms with Gasteiger partial charge in [0.15, 0.2) is 5.69 Å². The summed E-state index contributed by atoms with van der Waals surface area (Å²) < 4.78 is 7.11. The number of nitrogens with zero attached hydrogens (tertiary/aromatic N) is 4. The number of benzene rings is 1. The van der Waals surface area contributed by atoms with Gasteiger partial charge in [0, 0.05) is 31.6 Å². The molecule has 10 nitrogen and oxygen atoms in total. The second kappa shape index (κ2) is 10.8. The van der Waals surface area contributed by atoms with Crippen LogP contribution in [0.25, 0.3) is 10.9 Å². The third-order valence-electron chi connectivity index (χ3n) is 6.80. The fourth-order valence-corrected chi connectivity index (χ4v) is 5.08. The molecule has 1 atom stereocenters. The predicted molar refractivity (Wildman–Crippen MR) is 150 cm³/mol. The highest BCUT2D eigenvalue weighted by atomic mass is 35.5. The van der Waals surface area contributed by atoms with Crippen LogP contribution in [0.3, 0.4) is 0 Å². The zero-order valence-corrected chi connectivity index (χ0v) is 23.8. The molecule has 208 valence electrons. The van der Waals surface area contributed by atoms with Gasteiger partial charge in [-0.25, -0.2) is 19.6 Å². The van der Waals surface area contributed by atoms with E-state index in [1.807, 2.05) is 46.8 Å². The highest BCUT2D eigenvalue weighted by molar-refractivity contribution is 6.29. The van der Waals surface area contributed by atoms with Crippen LogP contribution < -0.4 is 10.9 Å². The molecule has 1 aliphatic rings. The Hall–Kier alpha value is -3.66. The molecule has 39 heavy (non-hydrogen) atoms. The first-order valence-corrected chi connectivity index (χ1v) is 13.3. The van der Waals surface area contributed by atoms with Crippen LogP contribution in [0.1, 0.15) is 79.9 Å². The molecule has 1 aliphatic heterocycles. The van der Waals surface area contributed by atoms with E-state index in [1.165, 1.54) is 6.07 Å². The van der Waals surface area contributed by atoms with E-state index in [0.717, 1.165) is 11.1 Å². The standard InChI is InChI=1S/C28H34ClN5O5/c1-15-13-18(16(2)30-20-7-8-21(29)31-23(20)26(36)37)22-19(14-15)25(35)33(6)24(32-22)17-9-11-34(12-10-17)27(38)39-28(3,4)5/h7-8,13-14,16-17,30H,9-12H2,1-6H3,(H,36,37)/t16-/m1/s1. The second-order valence-corrected chi connectivity index (χ2v) is 11.4. The van der Waals surface area contributed by atoms with Gasteiger partial charge >= 0.3 is 12.1 Å². The maximum atomic E-state index is 13.5. The number of carbonyl (C=O) groups excluding carboxylic acids is 1. The molecule has 4 rings (SSSR count). The number of halogens is 1. The third kappa shape index (κ3) is 6.16. The topological polar surface area (TPSA) is 127 Å². The van der Waals surface area contributed by atoms with Crippen molar-refractivity contribution >= 4 is 40.3 Å². The van der Waals surface area contributed by atoms with Gasteiger partial charge in [-0.1, -0.05) is 17.7 Å². The first-order valence-electron chi connectivity index (χ1n) is 12.9. The summed E-state index contributed by atoms with van der Waals surface area (Å²) in [4.78, 5) is 48.4. The number of carboxylic acid groups (broad SMARTS) is 1. The number of rotatable bonds is 5. The number of carboxylic acids is 1. The SMILES string of the molecule is Cc1cc([C@@H](C)Nc2ccc(Cl)nc2C(=O)O)c2nc(C3CCN(C(=O)OC(C)(C)C)CC3)n(C)c(=O)c2c1. The lowest BCUT2D eigenvalue weighted by molar-refractivity contribution is 0.0202. The van der Waals surface area contributed by atoms with Crippen molar-refractivity contribution in [2.75, 3.05) is 18.4 Å². The first-order chi connectivity index (χ1) is 18.2. The van der Waals surface area contributed by atoms with Gasteiger partial charge in [-0.2, -0.15) is 0 Å². The number of hydrogen-bond donors (Lipinski definition) is 2. The number of aryl methyl sites for hydroxylation is 1. The van der Waals surface area contributed by atoms with E-state index in [1.54, 1.807) is 22.6 Å². The summed E-state index contributed by atoms with van der Waals surface area (Å²) >= 11 is 5.91. The Balaban J connectivity index is 1.68. The van der Waals surface area contributed by atoms with Crippen LogP contribution in [-0.4, -0.2) is 55.3 Å². The molecule has 3 heterocycles. The van der Waals surface area contributed by atoms with Crippen molar-refractivity contribution in [3.05, 3.63) is 62.4 Å². The van der Waals surface area contributed by atoms with Crippen LogP contribution >= 0.6 is 11.6 Å². The summed E-state index contributed by atoms with van der Waals surface area (Å²) in [6.07, 6.45) is 0.966. The molecular formula is C28H34ClN5O5. The zero-order valence-electron chi connectivity index (χ0n) is 23.0. The Morgan fingerprint density at radius 1 is 1.18 bits per heavy atom. The summed E-state index contributed by atoms with van der Waals surface area (Å²) in [6.45, 7) is 10.3. The summed E-state index contributed by atoms with van der Waals surface area (Å²) in [5.41, 5.74) is 1.62. The van der Waals surface area contributed by atoms with Crippen LogP contribution in [-0.2, 0) is 11.8 Å². The molecule has 2 aromatic heterocycles. The molecule has 0 unspecified atom stereocenters. The molecule has 3 aromatic rings. The molecule has 0 bridgehead atoms. The molecule has 1 aromatic carbocycles. The van der Waals surface area contributed by atoms with E-state index in [0.29, 0.717) is 48.3 Å². The highest BCUT2D eigenvalue weighted by Crippen LogP contribution is 2.31. The Bertz CT molecular complexity index is 1490. The van der Waals surface area contributed by atoms with E-state index in [2.05, 4.69) is 10.3 Å². The van der Waals surface area contributed by atoms with Crippen molar-refractivity contribution in [2.45, 2.75) is 65.0 Å². The van der Waals surface area contributed by atoms with Crippen LogP contribution in [0.15, 0.2) is 29.1 Å². The van der Waals surface area contributed by atoms with Crippen molar-refractivity contribution in [1.82, 2.24) is 19.4 Å². The van der Waals surface area contributed by atoms with Gasteiger partial charge in [0.25, 0.3) is 5.56 Å². The zero-order chi connectivity index (χ0) is 28.6. The quantitative estimate of drug-likeness (QED) is 0.407. The second-order valence-electron chi connectivity index (χ2n) is 11.0. The minimum atomic E-state index is -1.20. The average Bonchev–Trinajstić information content (AvgIpc) is 2.86. The number of piperidine rings is 1. The van der Waals surface area contributed by atoms with Crippen LogP contribution in [0.5, 0.6) is 0 Å². The van der Waals surface area contributed by atoms with Crippen molar-refractivity contribution in [2.24, 2.45) is 7.05 Å². The summed E-state index contributed by atoms with van der Waals surface area (Å²) in [6, 6.07) is 6.47. The summed E-state index contributed by atoms with van der Waals surface area (Å²) in [7, 11) is 1.73. The molecule has 1 fully saturated rings. The number of hydrogen-bond acceptors (Lipinski definition) is 7. The van der Waals surface area contributed by atoms with Crippen molar-refractivity contribution < 1.29 is 19.4 Å². The van der Waals surface area contributed by atoms with Crippen molar-refractivity contribution in [3.8, 4) is 0 Å². The molecule has 1 amide bonds. The van der Waals surface area contributed by atoms with E-state index < -0.39 is 17.6 Å². The number of carbonyl (C=O) groups is 2. The third-order valence-corrected chi connectivity index (χ3v) is 7.01. The smallest absolute Gasteiger partial charge is 0.410 e. The monoisotopic (exact) mass is 555 g/mol. The minimum Gasteiger partial charge on any atom is -0.476 e. The highest BCUT2D eigenvalue weighted by Gasteiger charge is 2.30. The van der Waals surface area contributed by atoms with Crippen LogP contribution in [0, 0.1) is 6.92 Å². The Kier molecular flexibility index (Phi) is 7.88. The van der Waals surface area contributed by atoms with Gasteiger partial charge in [-0.15, -0.1) is 0 Å². The molecule has 1 saturated heterocycles. The number of nitrogens with one attached hydrogen (secondary N) is 1. The number of ether oxygens (including phenoxy) is 1. The number of pyridine rings is 1. The van der Waals surface area contributed by atoms with Crippen molar-refractivity contribution in [1.29, 1.82) is 0 Å². The molecular weight excluding hydrogens is 522 g/mol. The van der Waals surface area contributed by atoms with Gasteiger partial charge in [0.2, 0.25) is 0 Å². The average molecular weight is 556 g/mol. The van der Waals surface area contributed by atoms with Gasteiger partial charge in [-0.3, -0.25) is 9.36 Å². The molecule has 0 saturated carbocycles. The number of aromatic nitrogens is 3. The number of anilines is 1. The minimum absolute atomic E-state index is 0.0118. The van der Waals surface area contributed by atoms with Gasteiger partial charge in [0.1, 0.15) is 16.6 Å². The van der Waals surface area contributed by atoms with Crippen LogP contribution in [0.4, 0.5) is 10.5 Å². The Morgan fingerprint density at radius 2 is 1.85 bits per heavy atom. The number of fused-ring (bicyclic) bond motifs is 1. The largest absolute Gasteiger partial charge is 0.476 e. The summed E-state index contributed by atoms with van der Waals surface area (Å²) in [5.74, 6) is -0.552. The molecule has 0 radical (unpaired) electrons. The fraction of sp³-hybridized carbons (Fsp3) is 0.464. The van der Waals surface area contributed by atoms with Gasteiger partial charge < -0.3 is 20.1 Å².